The molecule has 1 spiro atoms. The Kier molecular flexibility index (Phi) is 3.76. The molecule has 0 radical (unpaired) electrons. The Morgan fingerprint density at radius 1 is 1.04 bits per heavy atom. The molecule has 1 aliphatic heterocycles. The maximum atomic E-state index is 13.8. The Morgan fingerprint density at radius 2 is 1.71 bits per heavy atom. The fourth-order valence-electron chi connectivity index (χ4n) is 8.69. The molecule has 28 heavy (non-hydrogen) atoms. The number of ether oxygens (including phenoxy) is 2. The van der Waals surface area contributed by atoms with Crippen molar-refractivity contribution in [3.63, 3.8) is 0 Å². The number of Topliss-reactive ketones (excluding diaryl/α,β-unsaturated/α-hetero) is 1. The summed E-state index contributed by atoms with van der Waals surface area (Å²) in [5.41, 5.74) is -1.33. The number of aliphatic hydroxyl groups excluding tert-OH is 2. The summed E-state index contributed by atoms with van der Waals surface area (Å²) in [6, 6.07) is 0. The van der Waals surface area contributed by atoms with Crippen molar-refractivity contribution >= 4 is 5.78 Å². The van der Waals surface area contributed by atoms with Crippen LogP contribution in [0.1, 0.15) is 67.2 Å². The monoisotopic (exact) mass is 392 g/mol. The molecule has 5 rings (SSSR count). The fourth-order valence-corrected chi connectivity index (χ4v) is 8.69. The molecule has 10 atom stereocenters. The van der Waals surface area contributed by atoms with Crippen molar-refractivity contribution in [3.8, 4) is 0 Å². The van der Waals surface area contributed by atoms with Crippen LogP contribution in [-0.4, -0.2) is 46.2 Å². The van der Waals surface area contributed by atoms with E-state index < -0.39 is 28.8 Å². The number of rotatable bonds is 0. The van der Waals surface area contributed by atoms with Crippen molar-refractivity contribution in [3.05, 3.63) is 0 Å². The lowest BCUT2D eigenvalue weighted by atomic mass is 9.38. The zero-order valence-electron chi connectivity index (χ0n) is 18.1. The summed E-state index contributed by atoms with van der Waals surface area (Å²) in [5.74, 6) is -0.794. The number of carbonyl (C=O) groups excluding carboxylic acids is 1. The van der Waals surface area contributed by atoms with Crippen LogP contribution in [0.3, 0.4) is 0 Å². The fraction of sp³-hybridized carbons (Fsp3) is 0.957. The lowest BCUT2D eigenvalue weighted by Crippen LogP contribution is -2.76. The maximum Gasteiger partial charge on any atom is 0.163 e. The molecule has 2 bridgehead atoms. The topological polar surface area (TPSA) is 76.0 Å². The summed E-state index contributed by atoms with van der Waals surface area (Å²) in [6.45, 7) is 12.6. The number of hydrogen-bond acceptors (Lipinski definition) is 5. The molecular weight excluding hydrogens is 356 g/mol. The van der Waals surface area contributed by atoms with Gasteiger partial charge >= 0.3 is 0 Å². The van der Waals surface area contributed by atoms with E-state index in [0.29, 0.717) is 6.42 Å². The first-order chi connectivity index (χ1) is 12.9. The third-order valence-electron chi connectivity index (χ3n) is 9.72. The van der Waals surface area contributed by atoms with Crippen LogP contribution in [0.4, 0.5) is 0 Å². The SMILES string of the molecule is C[C@@H]1C(=O)[C@@]23C4C(O)CC1[C@H]2OC(C)(C)O[C@@H]3C[C@@H]1C(C)(C)CC[C@@H](O)[C@@]41C. The highest BCUT2D eigenvalue weighted by Crippen LogP contribution is 2.73. The number of hydrogen-bond donors (Lipinski definition) is 2. The molecule has 3 unspecified atom stereocenters. The van der Waals surface area contributed by atoms with Gasteiger partial charge < -0.3 is 19.7 Å². The molecule has 4 aliphatic carbocycles. The van der Waals surface area contributed by atoms with Gasteiger partial charge in [0.1, 0.15) is 5.78 Å². The molecule has 1 heterocycles. The number of aliphatic hydroxyl groups is 2. The summed E-state index contributed by atoms with van der Waals surface area (Å²) in [4.78, 5) is 13.8. The third kappa shape index (κ3) is 2.00. The van der Waals surface area contributed by atoms with E-state index in [4.69, 9.17) is 9.47 Å². The second-order valence-electron chi connectivity index (χ2n) is 11.8. The Balaban J connectivity index is 1.75. The Morgan fingerprint density at radius 3 is 2.39 bits per heavy atom. The maximum absolute atomic E-state index is 13.8. The van der Waals surface area contributed by atoms with Crippen LogP contribution in [0.2, 0.25) is 0 Å². The Bertz CT molecular complexity index is 716. The second-order valence-corrected chi connectivity index (χ2v) is 11.8. The molecule has 5 fully saturated rings. The van der Waals surface area contributed by atoms with Crippen molar-refractivity contribution in [2.24, 2.45) is 39.9 Å². The van der Waals surface area contributed by atoms with Gasteiger partial charge in [0.15, 0.2) is 5.79 Å². The molecule has 4 saturated carbocycles. The first kappa shape index (κ1) is 19.5. The summed E-state index contributed by atoms with van der Waals surface area (Å²) in [7, 11) is 0. The quantitative estimate of drug-likeness (QED) is 0.663. The van der Waals surface area contributed by atoms with Crippen LogP contribution < -0.4 is 0 Å². The smallest absolute Gasteiger partial charge is 0.163 e. The highest BCUT2D eigenvalue weighted by atomic mass is 16.7. The van der Waals surface area contributed by atoms with E-state index in [-0.39, 0.29) is 47.1 Å². The van der Waals surface area contributed by atoms with Crippen molar-refractivity contribution in [2.75, 3.05) is 0 Å². The van der Waals surface area contributed by atoms with Crippen LogP contribution >= 0.6 is 0 Å². The second kappa shape index (κ2) is 5.40. The van der Waals surface area contributed by atoms with Crippen LogP contribution in [0.5, 0.6) is 0 Å². The highest BCUT2D eigenvalue weighted by molar-refractivity contribution is 5.92. The van der Waals surface area contributed by atoms with Gasteiger partial charge in [-0.3, -0.25) is 4.79 Å². The minimum atomic E-state index is -0.836. The van der Waals surface area contributed by atoms with E-state index in [1.165, 1.54) is 0 Å². The molecule has 158 valence electrons. The van der Waals surface area contributed by atoms with E-state index in [9.17, 15) is 15.0 Å². The van der Waals surface area contributed by atoms with Gasteiger partial charge in [-0.25, -0.2) is 0 Å². The average molecular weight is 393 g/mol. The van der Waals surface area contributed by atoms with E-state index in [0.717, 1.165) is 19.3 Å². The van der Waals surface area contributed by atoms with Gasteiger partial charge in [0, 0.05) is 17.3 Å². The first-order valence-electron chi connectivity index (χ1n) is 11.1. The van der Waals surface area contributed by atoms with E-state index >= 15 is 0 Å². The van der Waals surface area contributed by atoms with Crippen molar-refractivity contribution < 1.29 is 24.5 Å². The molecular formula is C23H36O5. The molecule has 5 heteroatoms. The third-order valence-corrected chi connectivity index (χ3v) is 9.72. The highest BCUT2D eigenvalue weighted by Gasteiger charge is 2.80. The lowest BCUT2D eigenvalue weighted by Gasteiger charge is -2.70. The molecule has 0 aromatic heterocycles. The average Bonchev–Trinajstić information content (AvgIpc) is 2.72. The minimum absolute atomic E-state index is 0.0262. The van der Waals surface area contributed by atoms with Crippen LogP contribution in [0.25, 0.3) is 0 Å². The van der Waals surface area contributed by atoms with Gasteiger partial charge in [0.05, 0.1) is 29.8 Å². The number of carbonyl (C=O) groups is 1. The van der Waals surface area contributed by atoms with Gasteiger partial charge in [-0.2, -0.15) is 0 Å². The molecule has 5 nitrogen and oxygen atoms in total. The molecule has 1 saturated heterocycles. The lowest BCUT2D eigenvalue weighted by molar-refractivity contribution is -0.394. The Labute approximate surface area is 168 Å². The van der Waals surface area contributed by atoms with Gasteiger partial charge in [0.25, 0.3) is 0 Å². The van der Waals surface area contributed by atoms with E-state index in [1.807, 2.05) is 20.8 Å². The zero-order valence-corrected chi connectivity index (χ0v) is 18.1. The van der Waals surface area contributed by atoms with Gasteiger partial charge in [0.2, 0.25) is 0 Å². The molecule has 0 aromatic carbocycles. The normalized spacial score (nSPS) is 58.8. The predicted molar refractivity (Wildman–Crippen MR) is 103 cm³/mol. The summed E-state index contributed by atoms with van der Waals surface area (Å²) >= 11 is 0. The molecule has 0 amide bonds. The zero-order chi connectivity index (χ0) is 20.4. The van der Waals surface area contributed by atoms with Gasteiger partial charge in [-0.1, -0.05) is 27.7 Å². The van der Waals surface area contributed by atoms with Gasteiger partial charge in [-0.15, -0.1) is 0 Å². The first-order valence-corrected chi connectivity index (χ1v) is 11.1. The number of fused-ring (bicyclic) bond motifs is 2. The van der Waals surface area contributed by atoms with Crippen molar-refractivity contribution in [2.45, 2.75) is 97.4 Å². The standard InChI is InChI=1S/C23H36O5/c1-11-12-9-13(24)17-22(6)14(20(2,3)8-7-15(22)25)10-16-23(17,18(11)26)19(12)28-21(4,5)27-16/h11-17,19,24-25H,7-10H2,1-6H3/t11-,12?,13?,14+,15+,16+,17?,19+,22-,23+/m0/s1. The van der Waals surface area contributed by atoms with Crippen LogP contribution in [0, 0.1) is 39.9 Å². The predicted octanol–water partition coefficient (Wildman–Crippen LogP) is 2.92. The molecule has 5 aliphatic rings. The largest absolute Gasteiger partial charge is 0.393 e. The van der Waals surface area contributed by atoms with Crippen molar-refractivity contribution in [1.29, 1.82) is 0 Å². The molecule has 2 N–H and O–H groups in total. The van der Waals surface area contributed by atoms with E-state index in [1.54, 1.807) is 0 Å². The summed E-state index contributed by atoms with van der Waals surface area (Å²) in [5, 5.41) is 22.7. The minimum Gasteiger partial charge on any atom is -0.393 e. The molecule has 0 aromatic rings. The van der Waals surface area contributed by atoms with Gasteiger partial charge in [-0.05, 0) is 56.8 Å². The summed E-state index contributed by atoms with van der Waals surface area (Å²) in [6.07, 6.45) is 1.37. The Hall–Kier alpha value is -0.490. The van der Waals surface area contributed by atoms with Crippen molar-refractivity contribution in [1.82, 2.24) is 0 Å². The number of ketones is 1. The summed E-state index contributed by atoms with van der Waals surface area (Å²) < 4.78 is 12.9. The van der Waals surface area contributed by atoms with E-state index in [2.05, 4.69) is 20.8 Å². The van der Waals surface area contributed by atoms with Crippen LogP contribution in [-0.2, 0) is 14.3 Å². The van der Waals surface area contributed by atoms with Crippen LogP contribution in [0.15, 0.2) is 0 Å².